The quantitative estimate of drug-likeness (QED) is 0.923. The lowest BCUT2D eigenvalue weighted by molar-refractivity contribution is 0.0691. The van der Waals surface area contributed by atoms with Crippen LogP contribution >= 0.6 is 11.6 Å². The Morgan fingerprint density at radius 1 is 1.42 bits per heavy atom. The van der Waals surface area contributed by atoms with Crippen molar-refractivity contribution in [2.75, 3.05) is 26.7 Å². The summed E-state index contributed by atoms with van der Waals surface area (Å²) in [5, 5.41) is 3.87. The van der Waals surface area contributed by atoms with Gasteiger partial charge in [0.25, 0.3) is 5.91 Å². The first-order chi connectivity index (χ1) is 9.11. The van der Waals surface area contributed by atoms with E-state index in [0.29, 0.717) is 16.5 Å². The van der Waals surface area contributed by atoms with E-state index in [-0.39, 0.29) is 5.91 Å². The summed E-state index contributed by atoms with van der Waals surface area (Å²) in [6, 6.07) is 5.55. The second-order valence-electron chi connectivity index (χ2n) is 5.26. The van der Waals surface area contributed by atoms with Gasteiger partial charge in [-0.2, -0.15) is 0 Å². The average Bonchev–Trinajstić information content (AvgIpc) is 2.42. The second kappa shape index (κ2) is 6.40. The van der Waals surface area contributed by atoms with Gasteiger partial charge in [0.15, 0.2) is 0 Å². The number of likely N-dealkylation sites (tertiary alicyclic amines) is 1. The van der Waals surface area contributed by atoms with Gasteiger partial charge in [-0.1, -0.05) is 17.7 Å². The summed E-state index contributed by atoms with van der Waals surface area (Å²) in [6.07, 6.45) is 2.15. The van der Waals surface area contributed by atoms with E-state index in [0.717, 1.165) is 38.0 Å². The molecule has 1 aliphatic rings. The minimum atomic E-state index is 0.102. The number of hydrogen-bond donors (Lipinski definition) is 1. The van der Waals surface area contributed by atoms with Crippen LogP contribution in [-0.2, 0) is 0 Å². The van der Waals surface area contributed by atoms with Crippen LogP contribution in [0.4, 0.5) is 0 Å². The van der Waals surface area contributed by atoms with Crippen LogP contribution in [0.1, 0.15) is 28.8 Å². The van der Waals surface area contributed by atoms with Crippen molar-refractivity contribution in [1.29, 1.82) is 0 Å². The van der Waals surface area contributed by atoms with Crippen LogP contribution in [0.2, 0.25) is 5.02 Å². The molecule has 2 rings (SSSR count). The fourth-order valence-electron chi connectivity index (χ4n) is 2.54. The third-order valence-corrected chi connectivity index (χ3v) is 4.22. The first-order valence-electron chi connectivity index (χ1n) is 6.82. The standard InChI is InChI=1S/C15H21ClN2O/c1-11-3-4-13(9-14(11)16)15(19)18-7-5-12(6-8-18)10-17-2/h3-4,9,12,17H,5-8,10H2,1-2H3. The summed E-state index contributed by atoms with van der Waals surface area (Å²) in [7, 11) is 1.98. The van der Waals surface area contributed by atoms with E-state index < -0.39 is 0 Å². The van der Waals surface area contributed by atoms with Crippen LogP contribution in [0, 0.1) is 12.8 Å². The second-order valence-corrected chi connectivity index (χ2v) is 5.66. The molecule has 0 aliphatic carbocycles. The van der Waals surface area contributed by atoms with Crippen molar-refractivity contribution in [1.82, 2.24) is 10.2 Å². The van der Waals surface area contributed by atoms with E-state index in [1.807, 2.05) is 31.0 Å². The van der Waals surface area contributed by atoms with Gasteiger partial charge in [-0.3, -0.25) is 4.79 Å². The highest BCUT2D eigenvalue weighted by Gasteiger charge is 2.23. The lowest BCUT2D eigenvalue weighted by atomic mass is 9.96. The van der Waals surface area contributed by atoms with Gasteiger partial charge in [0.2, 0.25) is 0 Å². The SMILES string of the molecule is CNCC1CCN(C(=O)c2ccc(C)c(Cl)c2)CC1. The van der Waals surface area contributed by atoms with Gasteiger partial charge < -0.3 is 10.2 Å². The molecule has 0 saturated carbocycles. The molecule has 19 heavy (non-hydrogen) atoms. The Morgan fingerprint density at radius 3 is 2.68 bits per heavy atom. The summed E-state index contributed by atoms with van der Waals surface area (Å²) >= 11 is 6.08. The normalized spacial score (nSPS) is 16.7. The number of benzene rings is 1. The van der Waals surface area contributed by atoms with Crippen LogP contribution in [0.25, 0.3) is 0 Å². The van der Waals surface area contributed by atoms with Gasteiger partial charge in [-0.05, 0) is 57.0 Å². The Hall–Kier alpha value is -1.06. The van der Waals surface area contributed by atoms with E-state index in [2.05, 4.69) is 5.32 Å². The van der Waals surface area contributed by atoms with Crippen LogP contribution in [0.5, 0.6) is 0 Å². The maximum absolute atomic E-state index is 12.4. The van der Waals surface area contributed by atoms with E-state index in [1.165, 1.54) is 0 Å². The Balaban J connectivity index is 1.99. The molecule has 1 amide bonds. The Labute approximate surface area is 119 Å². The molecule has 1 aromatic carbocycles. The smallest absolute Gasteiger partial charge is 0.253 e. The van der Waals surface area contributed by atoms with E-state index in [4.69, 9.17) is 11.6 Å². The highest BCUT2D eigenvalue weighted by atomic mass is 35.5. The lowest BCUT2D eigenvalue weighted by Crippen LogP contribution is -2.40. The summed E-state index contributed by atoms with van der Waals surface area (Å²) in [6.45, 7) is 4.67. The molecule has 0 bridgehead atoms. The number of hydrogen-bond acceptors (Lipinski definition) is 2. The zero-order chi connectivity index (χ0) is 13.8. The van der Waals surface area contributed by atoms with Gasteiger partial charge in [0.1, 0.15) is 0 Å². The van der Waals surface area contributed by atoms with Gasteiger partial charge in [-0.15, -0.1) is 0 Å². The maximum atomic E-state index is 12.4. The molecular weight excluding hydrogens is 260 g/mol. The number of aryl methyl sites for hydroxylation is 1. The van der Waals surface area contributed by atoms with Crippen LogP contribution in [0.15, 0.2) is 18.2 Å². The number of carbonyl (C=O) groups is 1. The Bertz CT molecular complexity index is 453. The Morgan fingerprint density at radius 2 is 2.11 bits per heavy atom. The number of nitrogens with zero attached hydrogens (tertiary/aromatic N) is 1. The zero-order valence-electron chi connectivity index (χ0n) is 11.6. The largest absolute Gasteiger partial charge is 0.339 e. The summed E-state index contributed by atoms with van der Waals surface area (Å²) in [4.78, 5) is 14.3. The molecule has 1 aliphatic heterocycles. The maximum Gasteiger partial charge on any atom is 0.253 e. The predicted molar refractivity (Wildman–Crippen MR) is 78.7 cm³/mol. The molecule has 0 radical (unpaired) electrons. The minimum absolute atomic E-state index is 0.102. The Kier molecular flexibility index (Phi) is 4.83. The van der Waals surface area contributed by atoms with E-state index >= 15 is 0 Å². The van der Waals surface area contributed by atoms with Crippen LogP contribution < -0.4 is 5.32 Å². The van der Waals surface area contributed by atoms with Crippen molar-refractivity contribution in [2.45, 2.75) is 19.8 Å². The third kappa shape index (κ3) is 3.48. The zero-order valence-corrected chi connectivity index (χ0v) is 12.3. The topological polar surface area (TPSA) is 32.3 Å². The van der Waals surface area contributed by atoms with Crippen molar-refractivity contribution in [3.8, 4) is 0 Å². The summed E-state index contributed by atoms with van der Waals surface area (Å²) in [5.74, 6) is 0.792. The number of nitrogens with one attached hydrogen (secondary N) is 1. The van der Waals surface area contributed by atoms with Crippen molar-refractivity contribution < 1.29 is 4.79 Å². The van der Waals surface area contributed by atoms with Crippen molar-refractivity contribution in [3.63, 3.8) is 0 Å². The molecule has 3 nitrogen and oxygen atoms in total. The number of carbonyl (C=O) groups excluding carboxylic acids is 1. The molecule has 4 heteroatoms. The molecule has 1 fully saturated rings. The fraction of sp³-hybridized carbons (Fsp3) is 0.533. The molecule has 104 valence electrons. The molecule has 1 saturated heterocycles. The molecule has 1 N–H and O–H groups in total. The average molecular weight is 281 g/mol. The number of halogens is 1. The van der Waals surface area contributed by atoms with E-state index in [1.54, 1.807) is 6.07 Å². The minimum Gasteiger partial charge on any atom is -0.339 e. The van der Waals surface area contributed by atoms with Gasteiger partial charge in [-0.25, -0.2) is 0 Å². The molecule has 0 spiro atoms. The highest BCUT2D eigenvalue weighted by molar-refractivity contribution is 6.31. The first-order valence-corrected chi connectivity index (χ1v) is 7.19. The molecule has 0 aromatic heterocycles. The van der Waals surface area contributed by atoms with Crippen molar-refractivity contribution >= 4 is 17.5 Å². The third-order valence-electron chi connectivity index (χ3n) is 3.81. The summed E-state index contributed by atoms with van der Waals surface area (Å²) in [5.41, 5.74) is 1.70. The highest BCUT2D eigenvalue weighted by Crippen LogP contribution is 2.21. The fourth-order valence-corrected chi connectivity index (χ4v) is 2.72. The van der Waals surface area contributed by atoms with Gasteiger partial charge in [0.05, 0.1) is 0 Å². The van der Waals surface area contributed by atoms with Crippen molar-refractivity contribution in [3.05, 3.63) is 34.3 Å². The number of amides is 1. The molecular formula is C15H21ClN2O. The molecule has 0 atom stereocenters. The molecule has 1 aromatic rings. The van der Waals surface area contributed by atoms with E-state index in [9.17, 15) is 4.79 Å². The van der Waals surface area contributed by atoms with Gasteiger partial charge >= 0.3 is 0 Å². The summed E-state index contributed by atoms with van der Waals surface area (Å²) < 4.78 is 0. The van der Waals surface area contributed by atoms with Gasteiger partial charge in [0, 0.05) is 23.7 Å². The lowest BCUT2D eigenvalue weighted by Gasteiger charge is -2.32. The monoisotopic (exact) mass is 280 g/mol. The van der Waals surface area contributed by atoms with Crippen molar-refractivity contribution in [2.24, 2.45) is 5.92 Å². The van der Waals surface area contributed by atoms with Crippen LogP contribution in [-0.4, -0.2) is 37.5 Å². The first kappa shape index (κ1) is 14.4. The molecule has 1 heterocycles. The number of rotatable bonds is 3. The number of piperidine rings is 1. The predicted octanol–water partition coefficient (Wildman–Crippen LogP) is 2.72. The molecule has 0 unspecified atom stereocenters. The van der Waals surface area contributed by atoms with Crippen LogP contribution in [0.3, 0.4) is 0 Å².